The van der Waals surface area contributed by atoms with E-state index in [9.17, 15) is 0 Å². The zero-order valence-corrected chi connectivity index (χ0v) is 25.2. The van der Waals surface area contributed by atoms with Crippen molar-refractivity contribution in [2.24, 2.45) is 0 Å². The largest absolute Gasteiger partial charge is 0.134 e. The average Bonchev–Trinajstić information content (AvgIpc) is 3.50. The molecule has 0 aliphatic heterocycles. The van der Waals surface area contributed by atoms with E-state index in [1.165, 1.54) is 96.3 Å². The Labute approximate surface area is 264 Å². The Morgan fingerprint density at radius 1 is 0.333 bits per heavy atom. The van der Waals surface area contributed by atoms with Gasteiger partial charge in [-0.15, -0.1) is 11.3 Å². The maximum absolute atomic E-state index is 2.44. The van der Waals surface area contributed by atoms with Crippen molar-refractivity contribution in [3.8, 4) is 22.3 Å². The van der Waals surface area contributed by atoms with Gasteiger partial charge in [-0.25, -0.2) is 0 Å². The molecule has 0 aliphatic rings. The molecule has 9 aromatic carbocycles. The molecule has 0 bridgehead atoms. The Morgan fingerprint density at radius 2 is 0.844 bits per heavy atom. The van der Waals surface area contributed by atoms with Crippen LogP contribution in [0.4, 0.5) is 0 Å². The molecule has 0 amide bonds. The molecule has 1 aromatic heterocycles. The van der Waals surface area contributed by atoms with Gasteiger partial charge in [0.2, 0.25) is 0 Å². The third kappa shape index (κ3) is 3.53. The molecule has 208 valence electrons. The lowest BCUT2D eigenvalue weighted by Gasteiger charge is -2.18. The molecule has 0 nitrogen and oxygen atoms in total. The minimum Gasteiger partial charge on any atom is -0.134 e. The number of hydrogen-bond acceptors (Lipinski definition) is 1. The highest BCUT2D eigenvalue weighted by molar-refractivity contribution is 7.27. The average molecular weight is 587 g/mol. The summed E-state index contributed by atoms with van der Waals surface area (Å²) in [7, 11) is 0. The van der Waals surface area contributed by atoms with E-state index >= 15 is 0 Å². The van der Waals surface area contributed by atoms with Crippen molar-refractivity contribution in [3.63, 3.8) is 0 Å². The molecule has 0 unspecified atom stereocenters. The second-order valence-corrected chi connectivity index (χ2v) is 13.0. The van der Waals surface area contributed by atoms with Crippen LogP contribution in [0.1, 0.15) is 0 Å². The highest BCUT2D eigenvalue weighted by atomic mass is 32.1. The van der Waals surface area contributed by atoms with Crippen molar-refractivity contribution in [1.29, 1.82) is 0 Å². The van der Waals surface area contributed by atoms with E-state index in [1.54, 1.807) is 0 Å². The van der Waals surface area contributed by atoms with Gasteiger partial charge in [0, 0.05) is 25.6 Å². The zero-order chi connectivity index (χ0) is 29.5. The second kappa shape index (κ2) is 9.50. The summed E-state index contributed by atoms with van der Waals surface area (Å²) >= 11 is 1.93. The van der Waals surface area contributed by atoms with Crippen LogP contribution in [0.15, 0.2) is 158 Å². The Morgan fingerprint density at radius 3 is 1.53 bits per heavy atom. The van der Waals surface area contributed by atoms with Gasteiger partial charge < -0.3 is 0 Å². The molecular formula is C44H26S. The van der Waals surface area contributed by atoms with Crippen LogP contribution >= 0.6 is 11.3 Å². The van der Waals surface area contributed by atoms with Crippen molar-refractivity contribution >= 4 is 85.4 Å². The van der Waals surface area contributed by atoms with Gasteiger partial charge in [-0.3, -0.25) is 0 Å². The number of benzene rings is 9. The molecule has 1 heterocycles. The molecular weight excluding hydrogens is 561 g/mol. The molecule has 0 aliphatic carbocycles. The van der Waals surface area contributed by atoms with Crippen LogP contribution in [-0.4, -0.2) is 0 Å². The topological polar surface area (TPSA) is 0 Å². The normalized spacial score (nSPS) is 12.0. The molecule has 0 atom stereocenters. The molecule has 0 radical (unpaired) electrons. The first-order valence-corrected chi connectivity index (χ1v) is 16.3. The Hall–Kier alpha value is -5.50. The van der Waals surface area contributed by atoms with E-state index in [1.807, 2.05) is 11.3 Å². The fraction of sp³-hybridized carbons (Fsp3) is 0. The summed E-state index contributed by atoms with van der Waals surface area (Å²) in [6.45, 7) is 0. The second-order valence-electron chi connectivity index (χ2n) is 12.0. The van der Waals surface area contributed by atoms with Crippen LogP contribution < -0.4 is 0 Å². The fourth-order valence-corrected chi connectivity index (χ4v) is 9.03. The monoisotopic (exact) mass is 586 g/mol. The van der Waals surface area contributed by atoms with Gasteiger partial charge in [-0.05, 0) is 76.8 Å². The Bertz CT molecular complexity index is 2750. The van der Waals surface area contributed by atoms with Crippen molar-refractivity contribution < 1.29 is 0 Å². The highest BCUT2D eigenvalue weighted by Crippen LogP contribution is 2.48. The molecule has 1 heteroatoms. The highest BCUT2D eigenvalue weighted by Gasteiger charge is 2.19. The summed E-state index contributed by atoms with van der Waals surface area (Å²) in [6, 6.07) is 58.3. The number of rotatable bonds is 2. The maximum atomic E-state index is 2.44. The van der Waals surface area contributed by atoms with Crippen LogP contribution in [-0.2, 0) is 0 Å². The van der Waals surface area contributed by atoms with Crippen molar-refractivity contribution in [2.45, 2.75) is 0 Å². The number of fused-ring (bicyclic) bond motifs is 11. The van der Waals surface area contributed by atoms with E-state index in [4.69, 9.17) is 0 Å². The van der Waals surface area contributed by atoms with Crippen molar-refractivity contribution in [1.82, 2.24) is 0 Å². The molecule has 0 saturated carbocycles. The fourth-order valence-electron chi connectivity index (χ4n) is 7.73. The lowest BCUT2D eigenvalue weighted by Crippen LogP contribution is -1.91. The van der Waals surface area contributed by atoms with Gasteiger partial charge in [0.15, 0.2) is 0 Å². The van der Waals surface area contributed by atoms with Crippen LogP contribution in [0.25, 0.3) is 96.3 Å². The summed E-state index contributed by atoms with van der Waals surface area (Å²) in [5.41, 5.74) is 5.16. The molecule has 0 N–H and O–H groups in total. The van der Waals surface area contributed by atoms with Crippen LogP contribution in [0.3, 0.4) is 0 Å². The summed E-state index contributed by atoms with van der Waals surface area (Å²) in [5, 5.41) is 15.7. The summed E-state index contributed by atoms with van der Waals surface area (Å²) in [4.78, 5) is 0. The molecule has 10 rings (SSSR count). The third-order valence-corrected chi connectivity index (χ3v) is 10.8. The maximum Gasteiger partial charge on any atom is 0.0440 e. The van der Waals surface area contributed by atoms with Crippen molar-refractivity contribution in [2.75, 3.05) is 0 Å². The first-order valence-electron chi connectivity index (χ1n) is 15.5. The number of thiophene rings is 1. The van der Waals surface area contributed by atoms with Gasteiger partial charge in [0.05, 0.1) is 0 Å². The molecule has 0 fully saturated rings. The van der Waals surface area contributed by atoms with E-state index in [0.29, 0.717) is 0 Å². The first-order chi connectivity index (χ1) is 22.3. The van der Waals surface area contributed by atoms with Gasteiger partial charge in [0.25, 0.3) is 0 Å². The predicted octanol–water partition coefficient (Wildman–Crippen LogP) is 13.2. The number of hydrogen-bond donors (Lipinski definition) is 0. The van der Waals surface area contributed by atoms with Crippen LogP contribution in [0.2, 0.25) is 0 Å². The lowest BCUT2D eigenvalue weighted by molar-refractivity contribution is 1.69. The predicted molar refractivity (Wildman–Crippen MR) is 198 cm³/mol. The van der Waals surface area contributed by atoms with Gasteiger partial charge >= 0.3 is 0 Å². The molecule has 10 aromatic rings. The van der Waals surface area contributed by atoms with Crippen LogP contribution in [0.5, 0.6) is 0 Å². The molecule has 45 heavy (non-hydrogen) atoms. The van der Waals surface area contributed by atoms with Gasteiger partial charge in [-0.1, -0.05) is 152 Å². The minimum atomic E-state index is 1.26. The van der Waals surface area contributed by atoms with E-state index in [-0.39, 0.29) is 0 Å². The summed E-state index contributed by atoms with van der Waals surface area (Å²) in [6.07, 6.45) is 0. The SMILES string of the molecule is c1ccc2c(-c3c4ccccc4c(-c4ccc5c(c4)sc4c6ccccc6c6ccccc6c54)c4ccccc34)cccc2c1. The standard InChI is InChI=1S/C44H26S/c1-2-14-29-27(12-1)13-11-23-32(29)42-36-20-8-6-18-34(36)41(35-19-7-9-21-37(35)42)28-24-25-39-40(26-28)45-44-38-22-10-4-16-31(38)30-15-3-5-17-33(30)43(39)44/h1-26H. The minimum absolute atomic E-state index is 1.26. The van der Waals surface area contributed by atoms with Gasteiger partial charge in [-0.2, -0.15) is 0 Å². The third-order valence-electron chi connectivity index (χ3n) is 9.63. The molecule has 0 spiro atoms. The van der Waals surface area contributed by atoms with E-state index in [0.717, 1.165) is 0 Å². The van der Waals surface area contributed by atoms with Gasteiger partial charge in [0.1, 0.15) is 0 Å². The summed E-state index contributed by atoms with van der Waals surface area (Å²) in [5.74, 6) is 0. The quantitative estimate of drug-likeness (QED) is 0.140. The Balaban J connectivity index is 1.31. The van der Waals surface area contributed by atoms with E-state index in [2.05, 4.69) is 158 Å². The zero-order valence-electron chi connectivity index (χ0n) is 24.4. The lowest BCUT2D eigenvalue weighted by atomic mass is 9.84. The molecule has 0 saturated heterocycles. The first kappa shape index (κ1) is 24.9. The smallest absolute Gasteiger partial charge is 0.0440 e. The van der Waals surface area contributed by atoms with Crippen molar-refractivity contribution in [3.05, 3.63) is 158 Å². The van der Waals surface area contributed by atoms with E-state index < -0.39 is 0 Å². The summed E-state index contributed by atoms with van der Waals surface area (Å²) < 4.78 is 2.70. The van der Waals surface area contributed by atoms with Crippen LogP contribution in [0, 0.1) is 0 Å². The Kier molecular flexibility index (Phi) is 5.25.